The predicted octanol–water partition coefficient (Wildman–Crippen LogP) is 7.10. The second kappa shape index (κ2) is 7.93. The maximum Gasteiger partial charge on any atom is 0.146 e. The van der Waals surface area contributed by atoms with E-state index in [1.54, 1.807) is 0 Å². The van der Waals surface area contributed by atoms with Crippen molar-refractivity contribution >= 4 is 6.29 Å². The Morgan fingerprint density at radius 1 is 1.07 bits per heavy atom. The van der Waals surface area contributed by atoms with E-state index in [1.807, 2.05) is 0 Å². The van der Waals surface area contributed by atoms with E-state index in [0.717, 1.165) is 36.7 Å². The van der Waals surface area contributed by atoms with Gasteiger partial charge < -0.3 is 0 Å². The van der Waals surface area contributed by atoms with E-state index in [2.05, 4.69) is 32.9 Å². The molecule has 7 atom stereocenters. The van der Waals surface area contributed by atoms with Crippen molar-refractivity contribution < 1.29 is 4.79 Å². The van der Waals surface area contributed by atoms with Crippen LogP contribution in [-0.4, -0.2) is 12.3 Å². The molecule has 0 N–H and O–H groups in total. The average molecular weight is 400 g/mol. The maximum atomic E-state index is 12.3. The molecule has 3 nitrogen and oxygen atoms in total. The first-order valence-corrected chi connectivity index (χ1v) is 12.4. The number of nitrogens with zero attached hydrogens (tertiary/aromatic N) is 1. The Morgan fingerprint density at radius 3 is 2.55 bits per heavy atom. The Balaban J connectivity index is 1.56. The Kier molecular flexibility index (Phi) is 5.81. The van der Waals surface area contributed by atoms with Gasteiger partial charge in [0.15, 0.2) is 0 Å². The van der Waals surface area contributed by atoms with Gasteiger partial charge in [-0.15, -0.1) is 0 Å². The highest BCUT2D eigenvalue weighted by Crippen LogP contribution is 2.69. The zero-order chi connectivity index (χ0) is 20.8. The van der Waals surface area contributed by atoms with Gasteiger partial charge in [-0.1, -0.05) is 57.7 Å². The highest BCUT2D eigenvalue weighted by Gasteiger charge is 2.62. The molecule has 0 amide bonds. The first-order chi connectivity index (χ1) is 13.8. The van der Waals surface area contributed by atoms with Crippen LogP contribution in [0.15, 0.2) is 16.3 Å². The van der Waals surface area contributed by atoms with Crippen LogP contribution in [0.4, 0.5) is 0 Å². The molecule has 29 heavy (non-hydrogen) atoms. The lowest BCUT2D eigenvalue weighted by Gasteiger charge is -2.51. The number of aldehydes is 1. The van der Waals surface area contributed by atoms with E-state index in [-0.39, 0.29) is 11.5 Å². The minimum absolute atomic E-state index is 0.114. The number of rotatable bonds is 7. The highest BCUT2D eigenvalue weighted by molar-refractivity contribution is 5.78. The summed E-state index contributed by atoms with van der Waals surface area (Å²) in [4.78, 5) is 23.6. The lowest BCUT2D eigenvalue weighted by atomic mass is 9.53. The van der Waals surface area contributed by atoms with E-state index in [1.165, 1.54) is 63.2 Å². The van der Waals surface area contributed by atoms with Crippen molar-refractivity contribution in [3.63, 3.8) is 0 Å². The Bertz CT molecular complexity index is 682. The molecule has 0 spiro atoms. The van der Waals surface area contributed by atoms with Crippen LogP contribution in [0.2, 0.25) is 0 Å². The van der Waals surface area contributed by atoms with Gasteiger partial charge in [0, 0.05) is 0 Å². The zero-order valence-corrected chi connectivity index (χ0v) is 19.1. The topological polar surface area (TPSA) is 46.5 Å². The van der Waals surface area contributed by atoms with Crippen LogP contribution in [-0.2, 0) is 4.79 Å². The van der Waals surface area contributed by atoms with Gasteiger partial charge in [0.2, 0.25) is 0 Å². The quantitative estimate of drug-likeness (QED) is 0.260. The minimum atomic E-state index is -0.114. The molecule has 0 aliphatic heterocycles. The molecule has 0 heterocycles. The smallest absolute Gasteiger partial charge is 0.146 e. The fourth-order valence-corrected chi connectivity index (χ4v) is 8.30. The largest absolute Gasteiger partial charge is 0.298 e. The lowest BCUT2D eigenvalue weighted by molar-refractivity contribution is -0.106. The second-order valence-corrected chi connectivity index (χ2v) is 11.7. The third kappa shape index (κ3) is 3.35. The van der Waals surface area contributed by atoms with Gasteiger partial charge in [-0.3, -0.25) is 4.79 Å². The number of nitroso groups, excluding NO2 is 1. The van der Waals surface area contributed by atoms with Gasteiger partial charge in [0.05, 0.1) is 6.04 Å². The minimum Gasteiger partial charge on any atom is -0.298 e. The maximum absolute atomic E-state index is 12.3. The summed E-state index contributed by atoms with van der Waals surface area (Å²) in [7, 11) is 0. The molecule has 0 aromatic rings. The summed E-state index contributed by atoms with van der Waals surface area (Å²) >= 11 is 0. The molecular formula is C26H41NO2. The van der Waals surface area contributed by atoms with Crippen molar-refractivity contribution in [3.05, 3.63) is 16.1 Å². The molecule has 0 radical (unpaired) electrons. The van der Waals surface area contributed by atoms with Gasteiger partial charge in [-0.05, 0) is 97.4 Å². The second-order valence-electron chi connectivity index (χ2n) is 11.7. The van der Waals surface area contributed by atoms with Crippen LogP contribution in [0.5, 0.6) is 0 Å². The summed E-state index contributed by atoms with van der Waals surface area (Å²) in [6.07, 6.45) is 14.6. The summed E-state index contributed by atoms with van der Waals surface area (Å²) in [5.74, 6) is 3.36. The van der Waals surface area contributed by atoms with Crippen molar-refractivity contribution in [1.82, 2.24) is 0 Å². The predicted molar refractivity (Wildman–Crippen MR) is 118 cm³/mol. The van der Waals surface area contributed by atoms with E-state index in [4.69, 9.17) is 0 Å². The van der Waals surface area contributed by atoms with Gasteiger partial charge in [-0.25, -0.2) is 0 Å². The van der Waals surface area contributed by atoms with E-state index in [0.29, 0.717) is 23.2 Å². The molecule has 4 rings (SSSR count). The highest BCUT2D eigenvalue weighted by atomic mass is 16.3. The molecule has 3 heteroatoms. The Hall–Kier alpha value is -0.990. The number of carbonyl (C=O) groups is 1. The van der Waals surface area contributed by atoms with Gasteiger partial charge >= 0.3 is 0 Å². The van der Waals surface area contributed by atoms with Gasteiger partial charge in [0.25, 0.3) is 0 Å². The first-order valence-electron chi connectivity index (χ1n) is 12.4. The number of carbonyl (C=O) groups excluding carboxylic acids is 1. The van der Waals surface area contributed by atoms with Gasteiger partial charge in [0.1, 0.15) is 6.29 Å². The van der Waals surface area contributed by atoms with Crippen molar-refractivity contribution in [1.29, 1.82) is 0 Å². The third-order valence-corrected chi connectivity index (χ3v) is 9.98. The fraction of sp³-hybridized carbons (Fsp3) is 0.885. The zero-order valence-electron chi connectivity index (χ0n) is 19.1. The van der Waals surface area contributed by atoms with Crippen molar-refractivity contribution in [2.75, 3.05) is 0 Å². The van der Waals surface area contributed by atoms with Crippen LogP contribution in [0, 0.1) is 45.3 Å². The summed E-state index contributed by atoms with van der Waals surface area (Å²) in [6, 6.07) is -0.114. The molecule has 3 saturated carbocycles. The molecule has 0 aromatic carbocycles. The van der Waals surface area contributed by atoms with Crippen LogP contribution >= 0.6 is 0 Å². The van der Waals surface area contributed by atoms with Crippen LogP contribution < -0.4 is 0 Å². The van der Waals surface area contributed by atoms with E-state index < -0.39 is 0 Å². The molecule has 4 aliphatic carbocycles. The summed E-state index contributed by atoms with van der Waals surface area (Å²) < 4.78 is 0. The molecule has 3 fully saturated rings. The lowest BCUT2D eigenvalue weighted by Crippen LogP contribution is -2.44. The van der Waals surface area contributed by atoms with Crippen molar-refractivity contribution in [2.45, 2.75) is 104 Å². The number of fused-ring (bicyclic) bond motifs is 5. The first kappa shape index (κ1) is 21.2. The molecule has 0 aromatic heterocycles. The number of hydrogen-bond acceptors (Lipinski definition) is 3. The summed E-state index contributed by atoms with van der Waals surface area (Å²) in [6.45, 7) is 9.61. The normalized spacial score (nSPS) is 43.8. The SMILES string of the molecule is CC(C)CCCC[C@H]1CCC2C3C(C=O)=C4C[C@@H](N=O)CC[C@]4(C)C3CC[C@@]21C. The summed E-state index contributed by atoms with van der Waals surface area (Å²) in [5, 5.41) is 3.37. The van der Waals surface area contributed by atoms with Crippen LogP contribution in [0.25, 0.3) is 0 Å². The molecular weight excluding hydrogens is 358 g/mol. The van der Waals surface area contributed by atoms with E-state index in [9.17, 15) is 9.70 Å². The monoisotopic (exact) mass is 399 g/mol. The van der Waals surface area contributed by atoms with Crippen LogP contribution in [0.3, 0.4) is 0 Å². The number of hydrogen-bond donors (Lipinski definition) is 0. The molecule has 0 saturated heterocycles. The average Bonchev–Trinajstić information content (AvgIpc) is 3.15. The molecule has 3 unspecified atom stereocenters. The molecule has 4 aliphatic rings. The molecule has 162 valence electrons. The summed E-state index contributed by atoms with van der Waals surface area (Å²) in [5.41, 5.74) is 2.96. The standard InChI is InChI=1S/C26H41NO2/c1-17(2)7-5-6-8-18-9-10-21-24-20(16-28)23-15-19(27-29)11-13-26(23,4)22(24)12-14-25(18,21)3/h16-19,21-22,24H,5-15H2,1-4H3/t18-,19-,21?,22?,24?,25+,26+/m0/s1. The van der Waals surface area contributed by atoms with E-state index >= 15 is 0 Å². The van der Waals surface area contributed by atoms with Crippen molar-refractivity contribution in [2.24, 2.45) is 45.6 Å². The Labute approximate surface area is 177 Å². The third-order valence-electron chi connectivity index (χ3n) is 9.98. The van der Waals surface area contributed by atoms with Crippen molar-refractivity contribution in [3.8, 4) is 0 Å². The van der Waals surface area contributed by atoms with Gasteiger partial charge in [-0.2, -0.15) is 4.91 Å². The Morgan fingerprint density at radius 2 is 1.86 bits per heavy atom. The number of unbranched alkanes of at least 4 members (excludes halogenated alkanes) is 1. The fourth-order valence-electron chi connectivity index (χ4n) is 8.30. The van der Waals surface area contributed by atoms with Crippen LogP contribution in [0.1, 0.15) is 98.3 Å². The number of allylic oxidation sites excluding steroid dienone is 1. The molecule has 0 bridgehead atoms.